The predicted octanol–water partition coefficient (Wildman–Crippen LogP) is 9.46. The van der Waals surface area contributed by atoms with E-state index in [-0.39, 0.29) is 11.8 Å². The molecule has 69 heavy (non-hydrogen) atoms. The molecule has 0 bridgehead atoms. The Morgan fingerprint density at radius 2 is 1.09 bits per heavy atom. The molecule has 0 spiro atoms. The fraction of sp³-hybridized carbons (Fsp3) is 0.455. The van der Waals surface area contributed by atoms with Gasteiger partial charge in [0, 0.05) is 73.5 Å². The highest BCUT2D eigenvalue weighted by atomic mass is 16.2. The highest BCUT2D eigenvalue weighted by Crippen LogP contribution is 2.41. The van der Waals surface area contributed by atoms with E-state index in [1.54, 1.807) is 22.5 Å². The maximum Gasteiger partial charge on any atom is 0.236 e. The third kappa shape index (κ3) is 9.53. The number of nitrogens with zero attached hydrogens (tertiary/aromatic N) is 10. The molecule has 14 nitrogen and oxygen atoms in total. The number of benzene rings is 2. The number of carbonyl (C=O) groups is 2. The second-order valence-corrected chi connectivity index (χ2v) is 20.7. The van der Waals surface area contributed by atoms with Gasteiger partial charge in [0.05, 0.1) is 24.5 Å². The Bertz CT molecular complexity index is 3150. The number of aromatic amines is 2. The summed E-state index contributed by atoms with van der Waals surface area (Å²) in [7, 11) is 7.31. The van der Waals surface area contributed by atoms with Crippen LogP contribution in [0.2, 0.25) is 0 Å². The average Bonchev–Trinajstić information content (AvgIpc) is 4.15. The fourth-order valence-corrected chi connectivity index (χ4v) is 10.8. The molecule has 0 aliphatic carbocycles. The zero-order chi connectivity index (χ0) is 48.8. The van der Waals surface area contributed by atoms with Gasteiger partial charge in [0.25, 0.3) is 0 Å². The van der Waals surface area contributed by atoms with Crippen LogP contribution >= 0.6 is 0 Å². The monoisotopic (exact) mass is 931 g/mol. The van der Waals surface area contributed by atoms with Crippen molar-refractivity contribution in [2.75, 3.05) is 67.5 Å². The normalized spacial score (nSPS) is 15.6. The van der Waals surface area contributed by atoms with Crippen LogP contribution in [0.4, 0.5) is 0 Å². The van der Waals surface area contributed by atoms with Crippen LogP contribution in [0.3, 0.4) is 0 Å². The number of carbonyl (C=O) groups excluding carboxylic acids is 2. The average molecular weight is 931 g/mol. The molecule has 10 rings (SSSR count). The lowest BCUT2D eigenvalue weighted by Crippen LogP contribution is -2.40. The van der Waals surface area contributed by atoms with Gasteiger partial charge in [-0.1, -0.05) is 39.8 Å². The third-order valence-electron chi connectivity index (χ3n) is 15.0. The quantitative estimate of drug-likeness (QED) is 0.138. The van der Waals surface area contributed by atoms with Crippen molar-refractivity contribution in [3.63, 3.8) is 0 Å². The van der Waals surface area contributed by atoms with Crippen molar-refractivity contribution in [2.45, 2.75) is 97.8 Å². The van der Waals surface area contributed by atoms with Gasteiger partial charge in [-0.25, -0.2) is 19.0 Å². The number of fused-ring (bicyclic) bond motifs is 4. The molecule has 2 saturated heterocycles. The summed E-state index contributed by atoms with van der Waals surface area (Å²) in [6.07, 6.45) is 11.7. The molecular weight excluding hydrogens is 861 g/mol. The van der Waals surface area contributed by atoms with Crippen molar-refractivity contribution in [2.24, 2.45) is 0 Å². The molecule has 0 unspecified atom stereocenters. The molecule has 0 atom stereocenters. The first kappa shape index (κ1) is 47.7. The maximum absolute atomic E-state index is 12.1. The van der Waals surface area contributed by atoms with Crippen molar-refractivity contribution < 1.29 is 9.59 Å². The summed E-state index contributed by atoms with van der Waals surface area (Å²) in [5, 5.41) is 11.4. The van der Waals surface area contributed by atoms with Crippen LogP contribution in [0.5, 0.6) is 0 Å². The van der Waals surface area contributed by atoms with Gasteiger partial charge in [0.15, 0.2) is 11.3 Å². The van der Waals surface area contributed by atoms with Crippen molar-refractivity contribution in [1.29, 1.82) is 0 Å². The SMILES string of the molecule is Cc1c(-c2[nH]c3ccc(C4CCN(CC(=O)N(C)C)CC4)cc3c2C(C)C)cn2ncnc2c1C.Cc1cc(-c2[nH]c3ccc(C4CCN(CC(=O)N(C)C)CC4)cc3c2C(C)C)cn2ncnc12. The topological polar surface area (TPSA) is 139 Å². The molecule has 0 radical (unpaired) electrons. The number of piperidine rings is 2. The maximum atomic E-state index is 12.1. The van der Waals surface area contributed by atoms with Crippen LogP contribution < -0.4 is 0 Å². The van der Waals surface area contributed by atoms with Gasteiger partial charge in [-0.2, -0.15) is 10.2 Å². The van der Waals surface area contributed by atoms with E-state index in [9.17, 15) is 9.59 Å². The smallest absolute Gasteiger partial charge is 0.236 e. The molecule has 2 aliphatic rings. The number of pyridine rings is 2. The number of likely N-dealkylation sites (tertiary alicyclic amines) is 2. The molecule has 362 valence electrons. The van der Waals surface area contributed by atoms with Crippen LogP contribution in [0.15, 0.2) is 67.5 Å². The van der Waals surface area contributed by atoms with Gasteiger partial charge < -0.3 is 19.8 Å². The largest absolute Gasteiger partial charge is 0.354 e. The van der Waals surface area contributed by atoms with E-state index in [0.717, 1.165) is 79.8 Å². The number of aromatic nitrogens is 8. The van der Waals surface area contributed by atoms with Crippen LogP contribution in [0, 0.1) is 20.8 Å². The fourth-order valence-electron chi connectivity index (χ4n) is 10.8. The summed E-state index contributed by atoms with van der Waals surface area (Å²) in [5.74, 6) is 2.17. The molecule has 2 N–H and O–H groups in total. The Morgan fingerprint density at radius 1 is 0.623 bits per heavy atom. The van der Waals surface area contributed by atoms with Crippen LogP contribution in [-0.4, -0.2) is 138 Å². The standard InChI is InChI=1S/C28H36N6O.C27H34N6O/c1-17(2)26-22-13-21(20-9-11-33(12-10-20)15-25(35)32(5)6)7-8-24(22)31-27(26)23-14-34-28(29-16-30-34)19(4)18(23)3;1-17(2)25-22-13-20(19-8-10-32(11-9-19)15-24(34)31(4)5)6-7-23(22)30-26(25)21-12-18(3)27-28-16-29-33(27)14-21/h7-8,13-14,16-17,20,31H,9-12,15H2,1-6H3;6-7,12-14,16-17,19,30H,8-11,15H2,1-5H3. The molecule has 0 saturated carbocycles. The molecule has 8 heterocycles. The van der Waals surface area contributed by atoms with Gasteiger partial charge in [0.1, 0.15) is 12.7 Å². The van der Waals surface area contributed by atoms with E-state index in [4.69, 9.17) is 0 Å². The lowest BCUT2D eigenvalue weighted by molar-refractivity contribution is -0.130. The molecule has 8 aromatic rings. The van der Waals surface area contributed by atoms with Crippen molar-refractivity contribution >= 4 is 44.9 Å². The van der Waals surface area contributed by atoms with E-state index in [1.165, 1.54) is 66.6 Å². The number of rotatable bonds is 10. The Morgan fingerprint density at radius 3 is 1.58 bits per heavy atom. The van der Waals surface area contributed by atoms with Gasteiger partial charge >= 0.3 is 0 Å². The van der Waals surface area contributed by atoms with Crippen molar-refractivity contribution in [3.05, 3.63) is 106 Å². The second kappa shape index (κ2) is 19.6. The highest BCUT2D eigenvalue weighted by molar-refractivity contribution is 5.94. The number of hydrogen-bond donors (Lipinski definition) is 2. The van der Waals surface area contributed by atoms with Crippen molar-refractivity contribution in [1.82, 2.24) is 58.8 Å². The van der Waals surface area contributed by atoms with Crippen LogP contribution in [-0.2, 0) is 9.59 Å². The lowest BCUT2D eigenvalue weighted by Gasteiger charge is -2.32. The minimum Gasteiger partial charge on any atom is -0.354 e. The van der Waals surface area contributed by atoms with Crippen molar-refractivity contribution in [3.8, 4) is 22.5 Å². The minimum atomic E-state index is 0.181. The van der Waals surface area contributed by atoms with E-state index in [1.807, 2.05) is 37.2 Å². The summed E-state index contributed by atoms with van der Waals surface area (Å²) in [6.45, 7) is 20.4. The summed E-state index contributed by atoms with van der Waals surface area (Å²) in [4.78, 5) is 48.4. The molecule has 2 fully saturated rings. The van der Waals surface area contributed by atoms with Gasteiger partial charge in [-0.05, 0) is 166 Å². The minimum absolute atomic E-state index is 0.181. The number of likely N-dealkylation sites (N-methyl/N-ethyl adjacent to an activating group) is 2. The lowest BCUT2D eigenvalue weighted by atomic mass is 9.87. The van der Waals surface area contributed by atoms with Gasteiger partial charge in [0.2, 0.25) is 11.8 Å². The van der Waals surface area contributed by atoms with Crippen LogP contribution in [0.1, 0.15) is 116 Å². The Kier molecular flexibility index (Phi) is 13.5. The van der Waals surface area contributed by atoms with Gasteiger partial charge in [-0.3, -0.25) is 19.4 Å². The van der Waals surface area contributed by atoms with E-state index in [2.05, 4.69) is 143 Å². The van der Waals surface area contributed by atoms with Gasteiger partial charge in [-0.15, -0.1) is 0 Å². The summed E-state index contributed by atoms with van der Waals surface area (Å²) >= 11 is 0. The summed E-state index contributed by atoms with van der Waals surface area (Å²) < 4.78 is 3.74. The zero-order valence-corrected chi connectivity index (χ0v) is 42.5. The molecule has 2 amide bonds. The van der Waals surface area contributed by atoms with Crippen LogP contribution in [0.25, 0.3) is 55.6 Å². The first-order valence-corrected chi connectivity index (χ1v) is 24.8. The summed E-state index contributed by atoms with van der Waals surface area (Å²) in [6, 6.07) is 16.1. The Hall–Kier alpha value is -6.38. The molecule has 2 aliphatic heterocycles. The number of H-pyrrole nitrogens is 2. The number of hydrogen-bond acceptors (Lipinski definition) is 8. The first-order chi connectivity index (χ1) is 33.1. The van der Waals surface area contributed by atoms with E-state index in [0.29, 0.717) is 36.8 Å². The number of amides is 2. The second-order valence-electron chi connectivity index (χ2n) is 20.7. The van der Waals surface area contributed by atoms with E-state index < -0.39 is 0 Å². The molecule has 14 heteroatoms. The predicted molar refractivity (Wildman–Crippen MR) is 277 cm³/mol. The zero-order valence-electron chi connectivity index (χ0n) is 42.5. The third-order valence-corrected chi connectivity index (χ3v) is 15.0. The molecule has 2 aromatic carbocycles. The summed E-state index contributed by atoms with van der Waals surface area (Å²) in [5.41, 5.74) is 17.9. The first-order valence-electron chi connectivity index (χ1n) is 24.8. The number of nitrogens with one attached hydrogen (secondary N) is 2. The van der Waals surface area contributed by atoms with E-state index >= 15 is 0 Å². The Balaban J connectivity index is 0.000000172. The number of aryl methyl sites for hydroxylation is 2. The molecule has 6 aromatic heterocycles. The highest BCUT2D eigenvalue weighted by Gasteiger charge is 2.27. The Labute approximate surface area is 406 Å². The molecular formula is C55H70N12O2.